The molecule has 106 valence electrons. The van der Waals surface area contributed by atoms with Gasteiger partial charge in [-0.25, -0.2) is 9.48 Å². The van der Waals surface area contributed by atoms with Crippen LogP contribution in [0.3, 0.4) is 0 Å². The molecule has 2 rings (SSSR count). The van der Waals surface area contributed by atoms with Crippen molar-refractivity contribution >= 4 is 5.97 Å². The first kappa shape index (κ1) is 14.2. The molecule has 0 aliphatic carbocycles. The van der Waals surface area contributed by atoms with Crippen LogP contribution in [0.25, 0.3) is 11.4 Å². The molecule has 0 saturated carbocycles. The number of hydrogen-bond donors (Lipinski definition) is 1. The number of hydrogen-bond acceptors (Lipinski definition) is 4. The van der Waals surface area contributed by atoms with E-state index < -0.39 is 11.5 Å². The maximum absolute atomic E-state index is 11.7. The first-order valence-electron chi connectivity index (χ1n) is 6.65. The highest BCUT2D eigenvalue weighted by atomic mass is 16.4. The second-order valence-corrected chi connectivity index (χ2v) is 4.77. The van der Waals surface area contributed by atoms with Gasteiger partial charge < -0.3 is 5.11 Å². The van der Waals surface area contributed by atoms with Crippen molar-refractivity contribution in [1.82, 2.24) is 20.2 Å². The fraction of sp³-hybridized carbons (Fsp3) is 0.429. The van der Waals surface area contributed by atoms with Crippen LogP contribution in [0.5, 0.6) is 0 Å². The summed E-state index contributed by atoms with van der Waals surface area (Å²) in [5.41, 5.74) is 0.751. The van der Waals surface area contributed by atoms with Crippen molar-refractivity contribution in [3.05, 3.63) is 29.8 Å². The topological polar surface area (TPSA) is 80.9 Å². The third-order valence-electron chi connectivity index (χ3n) is 3.83. The zero-order valence-corrected chi connectivity index (χ0v) is 11.9. The van der Waals surface area contributed by atoms with Gasteiger partial charge in [-0.3, -0.25) is 0 Å². The summed E-state index contributed by atoms with van der Waals surface area (Å²) in [6.45, 7) is 5.62. The van der Waals surface area contributed by atoms with Crippen molar-refractivity contribution in [2.45, 2.75) is 39.2 Å². The molecule has 0 saturated heterocycles. The van der Waals surface area contributed by atoms with Gasteiger partial charge in [-0.1, -0.05) is 38.1 Å². The van der Waals surface area contributed by atoms with E-state index in [1.165, 1.54) is 4.68 Å². The van der Waals surface area contributed by atoms with Gasteiger partial charge in [0.25, 0.3) is 0 Å². The highest BCUT2D eigenvalue weighted by Gasteiger charge is 2.40. The minimum Gasteiger partial charge on any atom is -0.479 e. The van der Waals surface area contributed by atoms with Crippen LogP contribution in [-0.2, 0) is 10.3 Å². The van der Waals surface area contributed by atoms with E-state index in [0.717, 1.165) is 11.1 Å². The molecule has 0 aliphatic rings. The fourth-order valence-corrected chi connectivity index (χ4v) is 2.41. The van der Waals surface area contributed by atoms with Gasteiger partial charge in [-0.05, 0) is 35.8 Å². The molecule has 6 heteroatoms. The van der Waals surface area contributed by atoms with Crippen molar-refractivity contribution in [1.29, 1.82) is 0 Å². The lowest BCUT2D eigenvalue weighted by Crippen LogP contribution is -2.42. The normalized spacial score (nSPS) is 11.6. The molecule has 0 amide bonds. The maximum Gasteiger partial charge on any atom is 0.331 e. The average Bonchev–Trinajstić information content (AvgIpc) is 2.91. The molecule has 2 aromatic rings. The third-order valence-corrected chi connectivity index (χ3v) is 3.83. The Morgan fingerprint density at radius 3 is 2.50 bits per heavy atom. The zero-order chi connectivity index (χ0) is 14.8. The number of benzene rings is 1. The summed E-state index contributed by atoms with van der Waals surface area (Å²) in [6.07, 6.45) is 0.839. The molecule has 1 aromatic carbocycles. The molecule has 1 aromatic heterocycles. The number of carbonyl (C=O) groups is 1. The number of nitrogens with zero attached hydrogens (tertiary/aromatic N) is 4. The Kier molecular flexibility index (Phi) is 3.83. The average molecular weight is 274 g/mol. The number of aromatic nitrogens is 4. The Balaban J connectivity index is 2.64. The van der Waals surface area contributed by atoms with Gasteiger partial charge in [0.05, 0.1) is 0 Å². The standard InChI is InChI=1S/C14H18N4O2/c1-4-14(5-2,13(19)20)18-12(15-16-17-18)11-9-7-6-8-10(11)3/h6-9H,4-5H2,1-3H3,(H,19,20). The molecule has 20 heavy (non-hydrogen) atoms. The number of rotatable bonds is 5. The minimum atomic E-state index is -1.11. The second-order valence-electron chi connectivity index (χ2n) is 4.77. The predicted octanol–water partition coefficient (Wildman–Crippen LogP) is 2.25. The number of carboxylic acid groups (broad SMARTS) is 1. The van der Waals surface area contributed by atoms with Crippen molar-refractivity contribution in [3.63, 3.8) is 0 Å². The van der Waals surface area contributed by atoms with E-state index in [2.05, 4.69) is 15.5 Å². The van der Waals surface area contributed by atoms with Crippen LogP contribution in [-0.4, -0.2) is 31.3 Å². The van der Waals surface area contributed by atoms with Gasteiger partial charge in [-0.15, -0.1) is 5.10 Å². The SMILES string of the molecule is CCC(CC)(C(=O)O)n1nnnc1-c1ccccc1C. The van der Waals surface area contributed by atoms with Crippen LogP contribution in [0.1, 0.15) is 32.3 Å². The maximum atomic E-state index is 11.7. The van der Waals surface area contributed by atoms with Crippen LogP contribution in [0.2, 0.25) is 0 Å². The fourth-order valence-electron chi connectivity index (χ4n) is 2.41. The molecule has 0 bridgehead atoms. The summed E-state index contributed by atoms with van der Waals surface area (Å²) in [5, 5.41) is 21.3. The first-order chi connectivity index (χ1) is 9.56. The molecule has 0 fully saturated rings. The summed E-state index contributed by atoms with van der Waals surface area (Å²) in [6, 6.07) is 7.67. The van der Waals surface area contributed by atoms with Gasteiger partial charge in [-0.2, -0.15) is 0 Å². The molecular weight excluding hydrogens is 256 g/mol. The third kappa shape index (κ3) is 2.07. The lowest BCUT2D eigenvalue weighted by atomic mass is 9.92. The summed E-state index contributed by atoms with van der Waals surface area (Å²) >= 11 is 0. The van der Waals surface area contributed by atoms with Crippen LogP contribution in [0.4, 0.5) is 0 Å². The lowest BCUT2D eigenvalue weighted by molar-refractivity contribution is -0.148. The highest BCUT2D eigenvalue weighted by molar-refractivity contribution is 5.77. The van der Waals surface area contributed by atoms with E-state index in [9.17, 15) is 9.90 Å². The molecule has 1 heterocycles. The van der Waals surface area contributed by atoms with E-state index in [0.29, 0.717) is 18.7 Å². The van der Waals surface area contributed by atoms with Crippen LogP contribution in [0.15, 0.2) is 24.3 Å². The monoisotopic (exact) mass is 274 g/mol. The number of aryl methyl sites for hydroxylation is 1. The Morgan fingerprint density at radius 2 is 1.95 bits per heavy atom. The van der Waals surface area contributed by atoms with E-state index in [1.54, 1.807) is 0 Å². The summed E-state index contributed by atoms with van der Waals surface area (Å²) in [4.78, 5) is 11.7. The number of aliphatic carboxylic acids is 1. The largest absolute Gasteiger partial charge is 0.479 e. The number of carboxylic acids is 1. The summed E-state index contributed by atoms with van der Waals surface area (Å²) in [5.74, 6) is -0.418. The van der Waals surface area contributed by atoms with Crippen molar-refractivity contribution in [2.24, 2.45) is 0 Å². The quantitative estimate of drug-likeness (QED) is 0.904. The molecule has 0 radical (unpaired) electrons. The molecule has 0 spiro atoms. The summed E-state index contributed by atoms with van der Waals surface area (Å²) < 4.78 is 1.44. The van der Waals surface area contributed by atoms with Gasteiger partial charge in [0.1, 0.15) is 0 Å². The molecule has 0 aliphatic heterocycles. The minimum absolute atomic E-state index is 0.419. The van der Waals surface area contributed by atoms with Crippen molar-refractivity contribution < 1.29 is 9.90 Å². The van der Waals surface area contributed by atoms with E-state index in [1.807, 2.05) is 45.0 Å². The first-order valence-corrected chi connectivity index (χ1v) is 6.65. The van der Waals surface area contributed by atoms with Crippen molar-refractivity contribution in [2.75, 3.05) is 0 Å². The highest BCUT2D eigenvalue weighted by Crippen LogP contribution is 2.30. The van der Waals surface area contributed by atoms with Gasteiger partial charge in [0.2, 0.25) is 0 Å². The molecule has 6 nitrogen and oxygen atoms in total. The molecule has 0 atom stereocenters. The van der Waals surface area contributed by atoms with Crippen LogP contribution in [0, 0.1) is 6.92 Å². The Bertz CT molecular complexity index is 617. The van der Waals surface area contributed by atoms with Crippen LogP contribution < -0.4 is 0 Å². The van der Waals surface area contributed by atoms with Gasteiger partial charge in [0, 0.05) is 5.56 Å². The van der Waals surface area contributed by atoms with Gasteiger partial charge >= 0.3 is 5.97 Å². The molecular formula is C14H18N4O2. The lowest BCUT2D eigenvalue weighted by Gasteiger charge is -2.27. The van der Waals surface area contributed by atoms with Crippen LogP contribution >= 0.6 is 0 Å². The van der Waals surface area contributed by atoms with E-state index in [4.69, 9.17) is 0 Å². The summed E-state index contributed by atoms with van der Waals surface area (Å²) in [7, 11) is 0. The molecule has 0 unspecified atom stereocenters. The van der Waals surface area contributed by atoms with Crippen molar-refractivity contribution in [3.8, 4) is 11.4 Å². The van der Waals surface area contributed by atoms with E-state index >= 15 is 0 Å². The Morgan fingerprint density at radius 1 is 1.30 bits per heavy atom. The number of tetrazole rings is 1. The second kappa shape index (κ2) is 5.40. The Hall–Kier alpha value is -2.24. The zero-order valence-electron chi connectivity index (χ0n) is 11.9. The Labute approximate surface area is 117 Å². The van der Waals surface area contributed by atoms with Gasteiger partial charge in [0.15, 0.2) is 11.4 Å². The van der Waals surface area contributed by atoms with E-state index in [-0.39, 0.29) is 0 Å². The smallest absolute Gasteiger partial charge is 0.331 e. The predicted molar refractivity (Wildman–Crippen MR) is 74.2 cm³/mol. The molecule has 1 N–H and O–H groups in total.